The number of hydrogen-bond donors (Lipinski definition) is 2. The lowest BCUT2D eigenvalue weighted by Gasteiger charge is -2.19. The summed E-state index contributed by atoms with van der Waals surface area (Å²) >= 11 is 0. The van der Waals surface area contributed by atoms with Gasteiger partial charge in [0.2, 0.25) is 5.91 Å². The summed E-state index contributed by atoms with van der Waals surface area (Å²) in [7, 11) is 1.74. The van der Waals surface area contributed by atoms with Gasteiger partial charge < -0.3 is 16.0 Å². The lowest BCUT2D eigenvalue weighted by atomic mass is 10.2. The number of anilines is 3. The van der Waals surface area contributed by atoms with Gasteiger partial charge in [0.15, 0.2) is 0 Å². The van der Waals surface area contributed by atoms with Crippen LogP contribution in [0.25, 0.3) is 0 Å². The number of nitrogens with zero attached hydrogens (tertiary/aromatic N) is 1. The van der Waals surface area contributed by atoms with Crippen molar-refractivity contribution in [1.82, 2.24) is 0 Å². The molecule has 21 heavy (non-hydrogen) atoms. The molecule has 4 nitrogen and oxygen atoms in total. The minimum Gasteiger partial charge on any atom is -0.399 e. The van der Waals surface area contributed by atoms with Crippen molar-refractivity contribution < 1.29 is 9.18 Å². The van der Waals surface area contributed by atoms with Crippen LogP contribution in [0.3, 0.4) is 0 Å². The van der Waals surface area contributed by atoms with Gasteiger partial charge in [-0.15, -0.1) is 0 Å². The summed E-state index contributed by atoms with van der Waals surface area (Å²) in [6.07, 6.45) is 0. The van der Waals surface area contributed by atoms with Crippen LogP contribution in [0.5, 0.6) is 0 Å². The number of nitrogen functional groups attached to an aromatic ring is 1. The van der Waals surface area contributed by atoms with Gasteiger partial charge >= 0.3 is 0 Å². The maximum Gasteiger partial charge on any atom is 0.243 e. The standard InChI is InChI=1S/C16H18FN3O/c1-11-8-13(18)6-7-15(11)19-16(21)10-20(2)14-5-3-4-12(17)9-14/h3-9H,10,18H2,1-2H3,(H,19,21). The Balaban J connectivity index is 2.01. The minimum atomic E-state index is -0.325. The lowest BCUT2D eigenvalue weighted by molar-refractivity contribution is -0.114. The number of amides is 1. The Morgan fingerprint density at radius 1 is 1.29 bits per heavy atom. The maximum absolute atomic E-state index is 13.2. The van der Waals surface area contributed by atoms with E-state index in [1.807, 2.05) is 6.92 Å². The molecule has 2 aromatic carbocycles. The van der Waals surface area contributed by atoms with Gasteiger partial charge in [0.25, 0.3) is 0 Å². The summed E-state index contributed by atoms with van der Waals surface area (Å²) in [5.74, 6) is -0.497. The Bertz CT molecular complexity index is 658. The number of hydrogen-bond acceptors (Lipinski definition) is 3. The predicted octanol–water partition coefficient (Wildman–Crippen LogP) is 2.79. The fraction of sp³-hybridized carbons (Fsp3) is 0.188. The van der Waals surface area contributed by atoms with Crippen molar-refractivity contribution in [2.75, 3.05) is 29.5 Å². The van der Waals surface area contributed by atoms with E-state index in [1.165, 1.54) is 12.1 Å². The number of likely N-dealkylation sites (N-methyl/N-ethyl adjacent to an activating group) is 1. The SMILES string of the molecule is Cc1cc(N)ccc1NC(=O)CN(C)c1cccc(F)c1. The number of aryl methyl sites for hydroxylation is 1. The number of benzene rings is 2. The quantitative estimate of drug-likeness (QED) is 0.850. The molecular formula is C16H18FN3O. The van der Waals surface area contributed by atoms with Crippen LogP contribution in [-0.4, -0.2) is 19.5 Å². The summed E-state index contributed by atoms with van der Waals surface area (Å²) in [5.41, 5.74) is 8.60. The first-order valence-electron chi connectivity index (χ1n) is 6.58. The lowest BCUT2D eigenvalue weighted by Crippen LogP contribution is -2.30. The van der Waals surface area contributed by atoms with Crippen LogP contribution in [0.1, 0.15) is 5.56 Å². The molecule has 110 valence electrons. The zero-order chi connectivity index (χ0) is 15.4. The van der Waals surface area contributed by atoms with Crippen molar-refractivity contribution in [2.45, 2.75) is 6.92 Å². The van der Waals surface area contributed by atoms with Crippen LogP contribution < -0.4 is 16.0 Å². The monoisotopic (exact) mass is 287 g/mol. The molecular weight excluding hydrogens is 269 g/mol. The largest absolute Gasteiger partial charge is 0.399 e. The summed E-state index contributed by atoms with van der Waals surface area (Å²) in [6, 6.07) is 11.4. The van der Waals surface area contributed by atoms with Gasteiger partial charge in [0.05, 0.1) is 6.54 Å². The second-order valence-corrected chi connectivity index (χ2v) is 4.96. The smallest absolute Gasteiger partial charge is 0.243 e. The van der Waals surface area contributed by atoms with E-state index >= 15 is 0 Å². The normalized spacial score (nSPS) is 10.2. The van der Waals surface area contributed by atoms with E-state index in [4.69, 9.17) is 5.73 Å². The molecule has 0 aliphatic heterocycles. The Morgan fingerprint density at radius 3 is 2.71 bits per heavy atom. The van der Waals surface area contributed by atoms with Gasteiger partial charge in [-0.3, -0.25) is 4.79 Å². The first kappa shape index (κ1) is 14.8. The number of nitrogens with one attached hydrogen (secondary N) is 1. The minimum absolute atomic E-state index is 0.132. The zero-order valence-electron chi connectivity index (χ0n) is 12.1. The van der Waals surface area contributed by atoms with E-state index in [2.05, 4.69) is 5.32 Å². The molecule has 0 spiro atoms. The van der Waals surface area contributed by atoms with Crippen LogP contribution in [0.2, 0.25) is 0 Å². The van der Waals surface area contributed by atoms with Gasteiger partial charge in [-0.25, -0.2) is 4.39 Å². The van der Waals surface area contributed by atoms with Gasteiger partial charge in [-0.1, -0.05) is 6.07 Å². The van der Waals surface area contributed by atoms with E-state index in [1.54, 1.807) is 42.3 Å². The molecule has 0 aliphatic rings. The highest BCUT2D eigenvalue weighted by Gasteiger charge is 2.09. The summed E-state index contributed by atoms with van der Waals surface area (Å²) in [5, 5.41) is 2.82. The molecule has 2 rings (SSSR count). The van der Waals surface area contributed by atoms with Crippen LogP contribution in [-0.2, 0) is 4.79 Å². The van der Waals surface area contributed by atoms with Gasteiger partial charge in [-0.2, -0.15) is 0 Å². The highest BCUT2D eigenvalue weighted by molar-refractivity contribution is 5.94. The summed E-state index contributed by atoms with van der Waals surface area (Å²) in [6.45, 7) is 2.01. The second kappa shape index (κ2) is 6.26. The first-order valence-corrected chi connectivity index (χ1v) is 6.58. The Hall–Kier alpha value is -2.56. The van der Waals surface area contributed by atoms with Crippen LogP contribution in [0.4, 0.5) is 21.5 Å². The van der Waals surface area contributed by atoms with Gasteiger partial charge in [-0.05, 0) is 48.9 Å². The Morgan fingerprint density at radius 2 is 2.05 bits per heavy atom. The van der Waals surface area contributed by atoms with Crippen molar-refractivity contribution >= 4 is 23.0 Å². The summed E-state index contributed by atoms with van der Waals surface area (Å²) < 4.78 is 13.2. The molecule has 5 heteroatoms. The fourth-order valence-corrected chi connectivity index (χ4v) is 2.04. The van der Waals surface area contributed by atoms with Gasteiger partial charge in [0.1, 0.15) is 5.82 Å². The second-order valence-electron chi connectivity index (χ2n) is 4.96. The molecule has 0 unspecified atom stereocenters. The number of carbonyl (C=O) groups is 1. The first-order chi connectivity index (χ1) is 9.95. The molecule has 2 aromatic rings. The number of carbonyl (C=O) groups excluding carboxylic acids is 1. The number of halogens is 1. The van der Waals surface area contributed by atoms with Crippen LogP contribution in [0, 0.1) is 12.7 Å². The molecule has 1 amide bonds. The van der Waals surface area contributed by atoms with Gasteiger partial charge in [0, 0.05) is 24.1 Å². The zero-order valence-corrected chi connectivity index (χ0v) is 12.1. The highest BCUT2D eigenvalue weighted by Crippen LogP contribution is 2.18. The molecule has 3 N–H and O–H groups in total. The number of nitrogens with two attached hydrogens (primary N) is 1. The molecule has 0 saturated carbocycles. The Kier molecular flexibility index (Phi) is 4.42. The van der Waals surface area contributed by atoms with Crippen molar-refractivity contribution in [1.29, 1.82) is 0 Å². The topological polar surface area (TPSA) is 58.4 Å². The highest BCUT2D eigenvalue weighted by atomic mass is 19.1. The third-order valence-electron chi connectivity index (χ3n) is 3.15. The van der Waals surface area contributed by atoms with Crippen LogP contribution in [0.15, 0.2) is 42.5 Å². The molecule has 0 bridgehead atoms. The third-order valence-corrected chi connectivity index (χ3v) is 3.15. The van der Waals surface area contributed by atoms with Crippen molar-refractivity contribution in [2.24, 2.45) is 0 Å². The molecule has 0 saturated heterocycles. The van der Waals surface area contributed by atoms with Crippen molar-refractivity contribution in [3.63, 3.8) is 0 Å². The van der Waals surface area contributed by atoms with E-state index in [-0.39, 0.29) is 18.3 Å². The van der Waals surface area contributed by atoms with Crippen molar-refractivity contribution in [3.05, 3.63) is 53.8 Å². The molecule has 0 fully saturated rings. The Labute approximate surface area is 123 Å². The molecule has 0 radical (unpaired) electrons. The average Bonchev–Trinajstić information content (AvgIpc) is 2.42. The van der Waals surface area contributed by atoms with E-state index in [0.717, 1.165) is 11.3 Å². The maximum atomic E-state index is 13.2. The van der Waals surface area contributed by atoms with E-state index in [0.29, 0.717) is 11.4 Å². The fourth-order valence-electron chi connectivity index (χ4n) is 2.04. The molecule has 0 aliphatic carbocycles. The number of rotatable bonds is 4. The van der Waals surface area contributed by atoms with Crippen LogP contribution >= 0.6 is 0 Å². The van der Waals surface area contributed by atoms with E-state index < -0.39 is 0 Å². The molecule has 0 heterocycles. The average molecular weight is 287 g/mol. The van der Waals surface area contributed by atoms with Crippen molar-refractivity contribution in [3.8, 4) is 0 Å². The predicted molar refractivity (Wildman–Crippen MR) is 83.9 cm³/mol. The third kappa shape index (κ3) is 3.95. The molecule has 0 atom stereocenters. The molecule has 0 aromatic heterocycles. The van der Waals surface area contributed by atoms with E-state index in [9.17, 15) is 9.18 Å². The summed E-state index contributed by atoms with van der Waals surface area (Å²) in [4.78, 5) is 13.7.